The van der Waals surface area contributed by atoms with Gasteiger partial charge in [0, 0.05) is 11.8 Å². The molecule has 0 bridgehead atoms. The molecule has 0 fully saturated rings. The van der Waals surface area contributed by atoms with Crippen molar-refractivity contribution < 1.29 is 164 Å². The van der Waals surface area contributed by atoms with Crippen molar-refractivity contribution in [3.05, 3.63) is 142 Å². The molecule has 0 saturated heterocycles. The van der Waals surface area contributed by atoms with Gasteiger partial charge in [-0.1, -0.05) is 48.5 Å². The van der Waals surface area contributed by atoms with Gasteiger partial charge in [-0.3, -0.25) is 0 Å². The van der Waals surface area contributed by atoms with Crippen LogP contribution in [0.25, 0.3) is 0 Å². The van der Waals surface area contributed by atoms with Crippen molar-refractivity contribution in [1.29, 1.82) is 0 Å². The van der Waals surface area contributed by atoms with Gasteiger partial charge < -0.3 is 26.1 Å². The van der Waals surface area contributed by atoms with Crippen LogP contribution in [0.4, 0.5) is 0 Å². The normalized spacial score (nSPS) is 9.86. The fourth-order valence-corrected chi connectivity index (χ4v) is 4.49. The van der Waals surface area contributed by atoms with Crippen LogP contribution in [0, 0.1) is 0 Å². The predicted octanol–water partition coefficient (Wildman–Crippen LogP) is -6.09. The summed E-state index contributed by atoms with van der Waals surface area (Å²) in [5, 5.41) is 37.5. The Morgan fingerprint density at radius 2 is 0.500 bits per heavy atom. The second-order valence-electron chi connectivity index (χ2n) is 8.66. The van der Waals surface area contributed by atoms with E-state index in [4.69, 9.17) is 0 Å². The Balaban J connectivity index is -0.000000700. The van der Waals surface area contributed by atoms with Crippen LogP contribution < -0.4 is 118 Å². The molecule has 4 N–H and O–H groups in total. The molecule has 0 unspecified atom stereocenters. The molecule has 0 atom stereocenters. The van der Waals surface area contributed by atoms with Crippen LogP contribution in [0.5, 0.6) is 0 Å². The molecule has 42 heavy (non-hydrogen) atoms. The Labute approximate surface area is 336 Å². The quantitative estimate of drug-likeness (QED) is 0.138. The zero-order chi connectivity index (χ0) is 27.4. The maximum absolute atomic E-state index is 11.5. The molecule has 0 aliphatic heterocycles. The van der Waals surface area contributed by atoms with Crippen molar-refractivity contribution in [3.63, 3.8) is 0 Å². The van der Waals surface area contributed by atoms with Gasteiger partial charge in [0.2, 0.25) is 0 Å². The number of carboxylic acid groups (broad SMARTS) is 4. The van der Waals surface area contributed by atoms with Crippen molar-refractivity contribution in [2.24, 2.45) is 0 Å². The number of hydrogen-bond acceptors (Lipinski definition) is 4. The zero-order valence-electron chi connectivity index (χ0n) is 27.8. The van der Waals surface area contributed by atoms with Gasteiger partial charge in [-0.25, -0.2) is 19.2 Å². The van der Waals surface area contributed by atoms with E-state index < -0.39 is 35.7 Å². The molecule has 8 nitrogen and oxygen atoms in total. The molecule has 0 aliphatic carbocycles. The molecule has 198 valence electrons. The SMILES string of the molecule is O=C(O)c1ccc(C(c2ccc(C(=O)O)cc2)C(c2ccc(C(=O)O)cc2)c2ccc(C(=O)O)cc2)cc1.[H-].[H-].[H-].[H-].[Na+].[Na+].[Na+].[Na+]. The van der Waals surface area contributed by atoms with E-state index in [1.807, 2.05) is 0 Å². The minimum Gasteiger partial charge on any atom is -1.00 e. The first-order chi connectivity index (χ1) is 18.2. The van der Waals surface area contributed by atoms with E-state index in [0.29, 0.717) is 0 Å². The summed E-state index contributed by atoms with van der Waals surface area (Å²) in [6, 6.07) is 25.3. The van der Waals surface area contributed by atoms with E-state index in [9.17, 15) is 39.6 Å². The average molecular weight is 606 g/mol. The van der Waals surface area contributed by atoms with Gasteiger partial charge in [-0.05, 0) is 70.8 Å². The van der Waals surface area contributed by atoms with Gasteiger partial charge in [-0.2, -0.15) is 0 Å². The Kier molecular flexibility index (Phi) is 18.0. The molecule has 0 heterocycles. The van der Waals surface area contributed by atoms with Gasteiger partial charge in [-0.15, -0.1) is 0 Å². The van der Waals surface area contributed by atoms with Gasteiger partial charge in [0.05, 0.1) is 22.3 Å². The minimum absolute atomic E-state index is 0. The molecule has 0 spiro atoms. The van der Waals surface area contributed by atoms with Crippen LogP contribution >= 0.6 is 0 Å². The van der Waals surface area contributed by atoms with Crippen LogP contribution in [0.1, 0.15) is 81.2 Å². The second kappa shape index (κ2) is 18.5. The smallest absolute Gasteiger partial charge is 1.00 e. The summed E-state index contributed by atoms with van der Waals surface area (Å²) in [5.74, 6) is -5.25. The molecule has 4 aromatic rings. The predicted molar refractivity (Wildman–Crippen MR) is 142 cm³/mol. The summed E-state index contributed by atoms with van der Waals surface area (Å²) in [4.78, 5) is 45.8. The van der Waals surface area contributed by atoms with Crippen molar-refractivity contribution in [2.75, 3.05) is 0 Å². The van der Waals surface area contributed by atoms with Crippen molar-refractivity contribution in [1.82, 2.24) is 0 Å². The monoisotopic (exact) mass is 606 g/mol. The summed E-state index contributed by atoms with van der Waals surface area (Å²) in [7, 11) is 0. The molecule has 0 amide bonds. The first-order valence-corrected chi connectivity index (χ1v) is 11.5. The largest absolute Gasteiger partial charge is 1.00 e. The number of hydrogen-bond donors (Lipinski definition) is 4. The first-order valence-electron chi connectivity index (χ1n) is 11.5. The maximum atomic E-state index is 11.5. The van der Waals surface area contributed by atoms with E-state index in [0.717, 1.165) is 22.3 Å². The third kappa shape index (κ3) is 9.89. The number of rotatable bonds is 9. The Bertz CT molecular complexity index is 1290. The van der Waals surface area contributed by atoms with Gasteiger partial charge in [0.15, 0.2) is 0 Å². The number of benzene rings is 4. The summed E-state index contributed by atoms with van der Waals surface area (Å²) in [6.45, 7) is 0. The second-order valence-corrected chi connectivity index (χ2v) is 8.66. The Hall–Kier alpha value is -1.24. The molecule has 12 heteroatoms. The topological polar surface area (TPSA) is 149 Å². The molecule has 0 aliphatic rings. The average Bonchev–Trinajstić information content (AvgIpc) is 2.92. The molecular formula is C30H26Na4O8. The van der Waals surface area contributed by atoms with E-state index >= 15 is 0 Å². The van der Waals surface area contributed by atoms with E-state index in [1.165, 1.54) is 48.5 Å². The van der Waals surface area contributed by atoms with Crippen LogP contribution in [0.15, 0.2) is 97.1 Å². The first kappa shape index (κ1) is 40.8. The Morgan fingerprint density at radius 3 is 0.619 bits per heavy atom. The number of aromatic carboxylic acids is 4. The summed E-state index contributed by atoms with van der Waals surface area (Å²) in [6.07, 6.45) is 0. The molecule has 4 aromatic carbocycles. The minimum atomic E-state index is -1.08. The van der Waals surface area contributed by atoms with Gasteiger partial charge in [0.1, 0.15) is 0 Å². The number of carboxylic acids is 4. The van der Waals surface area contributed by atoms with E-state index in [1.54, 1.807) is 48.5 Å². The third-order valence-corrected chi connectivity index (χ3v) is 6.40. The summed E-state index contributed by atoms with van der Waals surface area (Å²) < 4.78 is 0. The molecule has 0 saturated carbocycles. The van der Waals surface area contributed by atoms with Crippen LogP contribution in [-0.2, 0) is 0 Å². The third-order valence-electron chi connectivity index (χ3n) is 6.40. The van der Waals surface area contributed by atoms with Crippen molar-refractivity contribution in [3.8, 4) is 0 Å². The summed E-state index contributed by atoms with van der Waals surface area (Å²) in [5.41, 5.74) is 3.31. The fraction of sp³-hybridized carbons (Fsp3) is 0.0667. The van der Waals surface area contributed by atoms with Crippen LogP contribution in [-0.4, -0.2) is 44.3 Å². The van der Waals surface area contributed by atoms with E-state index in [-0.39, 0.29) is 146 Å². The van der Waals surface area contributed by atoms with Crippen molar-refractivity contribution in [2.45, 2.75) is 11.8 Å². The molecule has 0 radical (unpaired) electrons. The van der Waals surface area contributed by atoms with E-state index in [2.05, 4.69) is 0 Å². The zero-order valence-corrected chi connectivity index (χ0v) is 31.8. The number of carbonyl (C=O) groups is 4. The van der Waals surface area contributed by atoms with Crippen LogP contribution in [0.3, 0.4) is 0 Å². The van der Waals surface area contributed by atoms with Crippen molar-refractivity contribution >= 4 is 23.9 Å². The molecule has 4 rings (SSSR count). The Morgan fingerprint density at radius 1 is 0.357 bits per heavy atom. The molecular weight excluding hydrogens is 580 g/mol. The van der Waals surface area contributed by atoms with Gasteiger partial charge >= 0.3 is 142 Å². The maximum Gasteiger partial charge on any atom is 1.00 e. The standard InChI is InChI=1S/C30H22O8.4Na.4H/c31-27(32)21-9-1-17(2-10-21)25(18-3-11-22(12-4-18)28(33)34)26(19-5-13-23(14-6-19)29(35)36)20-7-15-24(16-8-20)30(37)38;;;;;;;;/h1-16,25-26H,(H,31,32)(H,33,34)(H,35,36)(H,37,38);;;;;;;;/q;4*+1;4*-1. The summed E-state index contributed by atoms with van der Waals surface area (Å²) >= 11 is 0. The van der Waals surface area contributed by atoms with Crippen LogP contribution in [0.2, 0.25) is 0 Å². The van der Waals surface area contributed by atoms with Gasteiger partial charge in [0.25, 0.3) is 0 Å². The fourth-order valence-electron chi connectivity index (χ4n) is 4.49. The molecule has 0 aromatic heterocycles.